The van der Waals surface area contributed by atoms with E-state index >= 15 is 0 Å². The van der Waals surface area contributed by atoms with Gasteiger partial charge in [0.05, 0.1) is 0 Å². The van der Waals surface area contributed by atoms with E-state index in [1.54, 1.807) is 0 Å². The second-order valence-corrected chi connectivity index (χ2v) is 16.1. The van der Waals surface area contributed by atoms with E-state index < -0.39 is 16.8 Å². The van der Waals surface area contributed by atoms with Crippen LogP contribution in [0.2, 0.25) is 30.7 Å². The molecule has 0 aromatic carbocycles. The molecule has 122 valence electrons. The molecule has 0 aliphatic carbocycles. The summed E-state index contributed by atoms with van der Waals surface area (Å²) in [6.07, 6.45) is 1.17. The fraction of sp³-hybridized carbons (Fsp3) is 1.00. The largest absolute Gasteiger partial charge is 0.395 e. The summed E-state index contributed by atoms with van der Waals surface area (Å²) in [7, 11) is -1.02. The van der Waals surface area contributed by atoms with Crippen molar-refractivity contribution in [1.29, 1.82) is 0 Å². The fourth-order valence-electron chi connectivity index (χ4n) is 2.29. The molecule has 0 amide bonds. The Morgan fingerprint density at radius 2 is 1.40 bits per heavy atom. The van der Waals surface area contributed by atoms with E-state index in [4.69, 9.17) is 8.85 Å². The van der Waals surface area contributed by atoms with Crippen LogP contribution >= 0.6 is 0 Å². The Labute approximate surface area is 129 Å². The fourth-order valence-corrected chi connectivity index (χ4v) is 6.54. The molecule has 0 rings (SSSR count). The van der Waals surface area contributed by atoms with Crippen molar-refractivity contribution in [2.45, 2.75) is 71.8 Å². The van der Waals surface area contributed by atoms with Crippen LogP contribution in [0.3, 0.4) is 0 Å². The minimum atomic E-state index is -1.93. The van der Waals surface area contributed by atoms with E-state index in [0.29, 0.717) is 5.04 Å². The molecule has 20 heavy (non-hydrogen) atoms. The van der Waals surface area contributed by atoms with E-state index in [2.05, 4.69) is 65.9 Å². The van der Waals surface area contributed by atoms with E-state index in [0.717, 1.165) is 25.8 Å². The quantitative estimate of drug-likeness (QED) is 0.586. The Bertz CT molecular complexity index is 272. The molecule has 0 aromatic rings. The summed E-state index contributed by atoms with van der Waals surface area (Å²) in [5.41, 5.74) is 0. The van der Waals surface area contributed by atoms with Crippen LogP contribution in [0.15, 0.2) is 0 Å². The SMILES string of the molecule is CCO[Si](C)(CCCN(C)[Si](C)(C)C(C)(C)C)OCC. The minimum absolute atomic E-state index is 0.405. The van der Waals surface area contributed by atoms with Crippen molar-refractivity contribution in [2.75, 3.05) is 26.8 Å². The molecule has 0 aliphatic rings. The molecular weight excluding hydrogens is 282 g/mol. The average Bonchev–Trinajstić information content (AvgIpc) is 2.27. The predicted molar refractivity (Wildman–Crippen MR) is 94.1 cm³/mol. The van der Waals surface area contributed by atoms with Gasteiger partial charge in [0.25, 0.3) is 0 Å². The van der Waals surface area contributed by atoms with Crippen molar-refractivity contribution in [3.8, 4) is 0 Å². The smallest absolute Gasteiger partial charge is 0.334 e. The van der Waals surface area contributed by atoms with E-state index in [9.17, 15) is 0 Å². The Balaban J connectivity index is 4.41. The van der Waals surface area contributed by atoms with Gasteiger partial charge in [-0.3, -0.25) is 0 Å². The van der Waals surface area contributed by atoms with E-state index in [-0.39, 0.29) is 0 Å². The number of hydrogen-bond acceptors (Lipinski definition) is 3. The Hall–Kier alpha value is 0.314. The second-order valence-electron chi connectivity index (χ2n) is 7.33. The van der Waals surface area contributed by atoms with Gasteiger partial charge in [0.1, 0.15) is 8.24 Å². The van der Waals surface area contributed by atoms with E-state index in [1.165, 1.54) is 6.42 Å². The predicted octanol–water partition coefficient (Wildman–Crippen LogP) is 4.46. The third kappa shape index (κ3) is 5.97. The average molecular weight is 320 g/mol. The summed E-state index contributed by atoms with van der Waals surface area (Å²) in [6, 6.07) is 1.09. The molecule has 0 saturated carbocycles. The number of rotatable bonds is 9. The first-order valence-corrected chi connectivity index (χ1v) is 13.5. The van der Waals surface area contributed by atoms with Crippen LogP contribution < -0.4 is 0 Å². The summed E-state index contributed by atoms with van der Waals surface area (Å²) in [5.74, 6) is 0. The molecule has 0 heterocycles. The summed E-state index contributed by atoms with van der Waals surface area (Å²) in [5, 5.41) is 0.405. The standard InChI is InChI=1S/C15H37NO2Si2/c1-10-17-20(9,18-11-2)14-12-13-16(6)19(7,8)15(3,4)5/h10-14H2,1-9H3. The third-order valence-corrected chi connectivity index (χ3v) is 13.7. The molecular formula is C15H37NO2Si2. The van der Waals surface area contributed by atoms with Crippen LogP contribution in [0.4, 0.5) is 0 Å². The van der Waals surface area contributed by atoms with Crippen LogP contribution in [0.5, 0.6) is 0 Å². The topological polar surface area (TPSA) is 21.7 Å². The van der Waals surface area contributed by atoms with Gasteiger partial charge in [-0.05, 0) is 51.5 Å². The Kier molecular flexibility index (Phi) is 8.21. The molecule has 3 nitrogen and oxygen atoms in total. The molecule has 0 spiro atoms. The third-order valence-electron chi connectivity index (χ3n) is 4.81. The number of nitrogens with zero attached hydrogens (tertiary/aromatic N) is 1. The molecule has 0 N–H and O–H groups in total. The molecule has 0 fully saturated rings. The first-order chi connectivity index (χ1) is 9.00. The maximum absolute atomic E-state index is 5.91. The normalized spacial score (nSPS) is 14.1. The van der Waals surface area contributed by atoms with Crippen molar-refractivity contribution < 1.29 is 8.85 Å². The van der Waals surface area contributed by atoms with Gasteiger partial charge >= 0.3 is 8.56 Å². The lowest BCUT2D eigenvalue weighted by atomic mass is 10.2. The second kappa shape index (κ2) is 8.08. The highest BCUT2D eigenvalue weighted by Gasteiger charge is 2.39. The van der Waals surface area contributed by atoms with Gasteiger partial charge in [0.15, 0.2) is 0 Å². The van der Waals surface area contributed by atoms with Gasteiger partial charge in [0, 0.05) is 13.2 Å². The molecule has 0 unspecified atom stereocenters. The van der Waals surface area contributed by atoms with Crippen molar-refractivity contribution in [3.63, 3.8) is 0 Å². The van der Waals surface area contributed by atoms with Gasteiger partial charge in [-0.2, -0.15) is 0 Å². The van der Waals surface area contributed by atoms with Gasteiger partial charge < -0.3 is 13.4 Å². The molecule has 0 atom stereocenters. The molecule has 0 aliphatic heterocycles. The summed E-state index contributed by atoms with van der Waals surface area (Å²) < 4.78 is 14.4. The molecule has 0 saturated heterocycles. The van der Waals surface area contributed by atoms with Crippen LogP contribution in [-0.4, -0.2) is 48.2 Å². The van der Waals surface area contributed by atoms with E-state index in [1.807, 2.05) is 0 Å². The molecule has 5 heteroatoms. The Morgan fingerprint density at radius 3 is 1.75 bits per heavy atom. The van der Waals surface area contributed by atoms with Crippen LogP contribution in [0.1, 0.15) is 41.0 Å². The summed E-state index contributed by atoms with van der Waals surface area (Å²) >= 11 is 0. The van der Waals surface area contributed by atoms with Crippen molar-refractivity contribution in [1.82, 2.24) is 4.57 Å². The van der Waals surface area contributed by atoms with Crippen molar-refractivity contribution in [2.24, 2.45) is 0 Å². The zero-order valence-electron chi connectivity index (χ0n) is 15.3. The molecule has 0 radical (unpaired) electrons. The van der Waals surface area contributed by atoms with Crippen LogP contribution in [-0.2, 0) is 8.85 Å². The van der Waals surface area contributed by atoms with Gasteiger partial charge in [-0.25, -0.2) is 0 Å². The first kappa shape index (κ1) is 20.3. The lowest BCUT2D eigenvalue weighted by Gasteiger charge is -2.44. The van der Waals surface area contributed by atoms with Gasteiger partial charge in [-0.15, -0.1) is 0 Å². The van der Waals surface area contributed by atoms with Crippen LogP contribution in [0.25, 0.3) is 0 Å². The van der Waals surface area contributed by atoms with Crippen molar-refractivity contribution in [3.05, 3.63) is 0 Å². The highest BCUT2D eigenvalue weighted by atomic mass is 28.4. The summed E-state index contributed by atoms with van der Waals surface area (Å²) in [6.45, 7) is 21.0. The first-order valence-electron chi connectivity index (χ1n) is 7.99. The highest BCUT2D eigenvalue weighted by Crippen LogP contribution is 2.37. The monoisotopic (exact) mass is 319 g/mol. The van der Waals surface area contributed by atoms with Gasteiger partial charge in [-0.1, -0.05) is 33.9 Å². The lowest BCUT2D eigenvalue weighted by Crippen LogP contribution is -2.53. The highest BCUT2D eigenvalue weighted by molar-refractivity contribution is 6.77. The molecule has 0 bridgehead atoms. The Morgan fingerprint density at radius 1 is 0.950 bits per heavy atom. The molecule has 0 aromatic heterocycles. The zero-order valence-corrected chi connectivity index (χ0v) is 17.3. The van der Waals surface area contributed by atoms with Gasteiger partial charge in [0.2, 0.25) is 0 Å². The lowest BCUT2D eigenvalue weighted by molar-refractivity contribution is 0.187. The maximum atomic E-state index is 5.91. The summed E-state index contributed by atoms with van der Waals surface area (Å²) in [4.78, 5) is 0. The van der Waals surface area contributed by atoms with Crippen molar-refractivity contribution >= 4 is 16.8 Å². The number of hydrogen-bond donors (Lipinski definition) is 0. The van der Waals surface area contributed by atoms with Crippen LogP contribution in [0, 0.1) is 0 Å². The minimum Gasteiger partial charge on any atom is -0.395 e. The zero-order chi connectivity index (χ0) is 16.0. The maximum Gasteiger partial charge on any atom is 0.334 e.